The second-order valence-corrected chi connectivity index (χ2v) is 5.87. The van der Waals surface area contributed by atoms with E-state index in [1.807, 2.05) is 0 Å². The van der Waals surface area contributed by atoms with Crippen molar-refractivity contribution < 1.29 is 0 Å². The number of nitrogens with zero attached hydrogens (tertiary/aromatic N) is 1. The molecule has 0 amide bonds. The maximum Gasteiger partial charge on any atom is 0.0617 e. The molecular weight excluding hydrogens is 244 g/mol. The number of piperazine rings is 1. The van der Waals surface area contributed by atoms with Crippen LogP contribution in [0.25, 0.3) is 11.1 Å². The molecule has 0 radical (unpaired) electrons. The van der Waals surface area contributed by atoms with E-state index in [-0.39, 0.29) is 0 Å². The van der Waals surface area contributed by atoms with Crippen molar-refractivity contribution >= 4 is 0 Å². The molecular formula is C18H20N2. The van der Waals surface area contributed by atoms with E-state index in [1.165, 1.54) is 22.3 Å². The smallest absolute Gasteiger partial charge is 0.0617 e. The first-order valence-electron chi connectivity index (χ1n) is 7.51. The third kappa shape index (κ3) is 1.72. The van der Waals surface area contributed by atoms with Crippen molar-refractivity contribution in [2.45, 2.75) is 19.0 Å². The van der Waals surface area contributed by atoms with Gasteiger partial charge in [0.05, 0.1) is 6.04 Å². The van der Waals surface area contributed by atoms with Crippen LogP contribution in [0.3, 0.4) is 0 Å². The molecule has 0 spiro atoms. The van der Waals surface area contributed by atoms with Crippen LogP contribution in [-0.2, 0) is 0 Å². The summed E-state index contributed by atoms with van der Waals surface area (Å²) in [6, 6.07) is 18.8. The van der Waals surface area contributed by atoms with Gasteiger partial charge in [0.1, 0.15) is 0 Å². The first kappa shape index (κ1) is 12.1. The molecule has 0 bridgehead atoms. The highest BCUT2D eigenvalue weighted by atomic mass is 15.2. The fourth-order valence-electron chi connectivity index (χ4n) is 3.73. The van der Waals surface area contributed by atoms with Crippen molar-refractivity contribution in [3.63, 3.8) is 0 Å². The second-order valence-electron chi connectivity index (χ2n) is 5.87. The van der Waals surface area contributed by atoms with Gasteiger partial charge in [0.15, 0.2) is 0 Å². The summed E-state index contributed by atoms with van der Waals surface area (Å²) < 4.78 is 0. The van der Waals surface area contributed by atoms with Crippen LogP contribution in [0.15, 0.2) is 48.5 Å². The first-order chi connectivity index (χ1) is 9.86. The third-order valence-corrected chi connectivity index (χ3v) is 4.69. The Bertz CT molecular complexity index is 589. The molecule has 1 atom stereocenters. The molecule has 1 saturated heterocycles. The van der Waals surface area contributed by atoms with Crippen LogP contribution < -0.4 is 5.32 Å². The molecule has 1 unspecified atom stereocenters. The SMILES string of the molecule is CC1CNCCN1C1c2ccccc2-c2ccccc21. The van der Waals surface area contributed by atoms with Crippen LogP contribution >= 0.6 is 0 Å². The number of nitrogens with one attached hydrogen (secondary N) is 1. The predicted molar refractivity (Wildman–Crippen MR) is 82.8 cm³/mol. The normalized spacial score (nSPS) is 22.6. The van der Waals surface area contributed by atoms with Crippen molar-refractivity contribution in [3.05, 3.63) is 59.7 Å². The van der Waals surface area contributed by atoms with E-state index in [4.69, 9.17) is 0 Å². The minimum absolute atomic E-state index is 0.430. The fourth-order valence-corrected chi connectivity index (χ4v) is 3.73. The second kappa shape index (κ2) is 4.72. The highest BCUT2D eigenvalue weighted by Crippen LogP contribution is 2.46. The number of benzene rings is 2. The molecule has 2 aliphatic rings. The molecule has 0 aromatic heterocycles. The average Bonchev–Trinajstić information content (AvgIpc) is 2.83. The topological polar surface area (TPSA) is 15.3 Å². The van der Waals surface area contributed by atoms with E-state index in [1.54, 1.807) is 0 Å². The summed E-state index contributed by atoms with van der Waals surface area (Å²) in [7, 11) is 0. The Balaban J connectivity index is 1.86. The van der Waals surface area contributed by atoms with Crippen LogP contribution in [0.1, 0.15) is 24.1 Å². The van der Waals surface area contributed by atoms with Crippen LogP contribution in [0.4, 0.5) is 0 Å². The Kier molecular flexibility index (Phi) is 2.86. The van der Waals surface area contributed by atoms with Gasteiger partial charge in [-0.15, -0.1) is 0 Å². The highest BCUT2D eigenvalue weighted by Gasteiger charge is 2.35. The van der Waals surface area contributed by atoms with E-state index in [0.29, 0.717) is 12.1 Å². The Morgan fingerprint density at radius 1 is 0.950 bits per heavy atom. The molecule has 1 fully saturated rings. The molecule has 1 aliphatic carbocycles. The average molecular weight is 264 g/mol. The van der Waals surface area contributed by atoms with Gasteiger partial charge in [-0.05, 0) is 29.2 Å². The molecule has 102 valence electrons. The lowest BCUT2D eigenvalue weighted by Crippen LogP contribution is -2.50. The molecule has 1 N–H and O–H groups in total. The van der Waals surface area contributed by atoms with Crippen LogP contribution in [0, 0.1) is 0 Å². The largest absolute Gasteiger partial charge is 0.314 e. The highest BCUT2D eigenvalue weighted by molar-refractivity contribution is 5.78. The standard InChI is InChI=1S/C18H20N2/c1-13-12-19-10-11-20(13)18-16-8-4-2-6-14(16)15-7-3-5-9-17(15)18/h2-9,13,18-19H,10-12H2,1H3. The Labute approximate surface area is 120 Å². The summed E-state index contributed by atoms with van der Waals surface area (Å²) in [4.78, 5) is 2.65. The molecule has 2 aromatic rings. The van der Waals surface area contributed by atoms with Gasteiger partial charge in [-0.2, -0.15) is 0 Å². The lowest BCUT2D eigenvalue weighted by atomic mass is 10.0. The van der Waals surface area contributed by atoms with E-state index in [2.05, 4.69) is 65.7 Å². The van der Waals surface area contributed by atoms with Gasteiger partial charge in [0.25, 0.3) is 0 Å². The molecule has 2 heteroatoms. The Hall–Kier alpha value is -1.64. The molecule has 0 saturated carbocycles. The van der Waals surface area contributed by atoms with E-state index < -0.39 is 0 Å². The van der Waals surface area contributed by atoms with Crippen molar-refractivity contribution in [3.8, 4) is 11.1 Å². The summed E-state index contributed by atoms with van der Waals surface area (Å²) >= 11 is 0. The molecule has 2 nitrogen and oxygen atoms in total. The number of rotatable bonds is 1. The maximum absolute atomic E-state index is 3.49. The van der Waals surface area contributed by atoms with Crippen molar-refractivity contribution in [2.75, 3.05) is 19.6 Å². The van der Waals surface area contributed by atoms with Gasteiger partial charge >= 0.3 is 0 Å². The van der Waals surface area contributed by atoms with Crippen molar-refractivity contribution in [1.82, 2.24) is 10.2 Å². The quantitative estimate of drug-likeness (QED) is 0.851. The van der Waals surface area contributed by atoms with Crippen molar-refractivity contribution in [1.29, 1.82) is 0 Å². The summed E-state index contributed by atoms with van der Waals surface area (Å²) in [6.45, 7) is 5.62. The molecule has 1 heterocycles. The third-order valence-electron chi connectivity index (χ3n) is 4.69. The van der Waals surface area contributed by atoms with Gasteiger partial charge in [0.2, 0.25) is 0 Å². The molecule has 20 heavy (non-hydrogen) atoms. The van der Waals surface area contributed by atoms with Gasteiger partial charge in [0, 0.05) is 25.7 Å². The zero-order chi connectivity index (χ0) is 13.5. The van der Waals surface area contributed by atoms with E-state index >= 15 is 0 Å². The summed E-state index contributed by atoms with van der Waals surface area (Å²) in [5.74, 6) is 0. The van der Waals surface area contributed by atoms with Crippen LogP contribution in [0.2, 0.25) is 0 Å². The summed E-state index contributed by atoms with van der Waals surface area (Å²) in [5.41, 5.74) is 5.78. The molecule has 2 aromatic carbocycles. The van der Waals surface area contributed by atoms with Gasteiger partial charge in [-0.1, -0.05) is 48.5 Å². The minimum atomic E-state index is 0.430. The number of fused-ring (bicyclic) bond motifs is 3. The lowest BCUT2D eigenvalue weighted by Gasteiger charge is -2.39. The minimum Gasteiger partial charge on any atom is -0.314 e. The van der Waals surface area contributed by atoms with Crippen LogP contribution in [-0.4, -0.2) is 30.6 Å². The zero-order valence-corrected chi connectivity index (χ0v) is 11.8. The number of hydrogen-bond donors (Lipinski definition) is 1. The fraction of sp³-hybridized carbons (Fsp3) is 0.333. The van der Waals surface area contributed by atoms with Gasteiger partial charge in [-0.25, -0.2) is 0 Å². The van der Waals surface area contributed by atoms with Crippen molar-refractivity contribution in [2.24, 2.45) is 0 Å². The van der Waals surface area contributed by atoms with Gasteiger partial charge in [-0.3, -0.25) is 4.90 Å². The monoisotopic (exact) mass is 264 g/mol. The molecule has 1 aliphatic heterocycles. The first-order valence-corrected chi connectivity index (χ1v) is 7.51. The summed E-state index contributed by atoms with van der Waals surface area (Å²) in [6.07, 6.45) is 0. The predicted octanol–water partition coefficient (Wildman–Crippen LogP) is 3.05. The Morgan fingerprint density at radius 3 is 2.15 bits per heavy atom. The van der Waals surface area contributed by atoms with Gasteiger partial charge < -0.3 is 5.32 Å². The lowest BCUT2D eigenvalue weighted by molar-refractivity contribution is 0.139. The Morgan fingerprint density at radius 2 is 1.55 bits per heavy atom. The maximum atomic E-state index is 3.49. The van der Waals surface area contributed by atoms with E-state index in [9.17, 15) is 0 Å². The molecule has 4 rings (SSSR count). The summed E-state index contributed by atoms with van der Waals surface area (Å²) in [5, 5.41) is 3.49. The van der Waals surface area contributed by atoms with Crippen LogP contribution in [0.5, 0.6) is 0 Å². The number of hydrogen-bond acceptors (Lipinski definition) is 2. The zero-order valence-electron chi connectivity index (χ0n) is 11.8. The van der Waals surface area contributed by atoms with E-state index in [0.717, 1.165) is 19.6 Å².